The van der Waals surface area contributed by atoms with Gasteiger partial charge in [-0.3, -0.25) is 4.79 Å². The minimum absolute atomic E-state index is 0.0955. The molecule has 9 heteroatoms. The Labute approximate surface area is 160 Å². The number of rotatable bonds is 8. The van der Waals surface area contributed by atoms with Gasteiger partial charge < -0.3 is 19.1 Å². The first-order valence-electron chi connectivity index (χ1n) is 8.50. The Morgan fingerprint density at radius 2 is 2.19 bits per heavy atom. The van der Waals surface area contributed by atoms with Crippen molar-refractivity contribution in [3.8, 4) is 11.7 Å². The molecule has 2 aromatic heterocycles. The molecule has 3 rings (SSSR count). The van der Waals surface area contributed by atoms with Crippen molar-refractivity contribution in [1.29, 1.82) is 0 Å². The van der Waals surface area contributed by atoms with Crippen molar-refractivity contribution in [3.63, 3.8) is 0 Å². The van der Waals surface area contributed by atoms with E-state index in [0.717, 1.165) is 23.9 Å². The van der Waals surface area contributed by atoms with Crippen molar-refractivity contribution in [3.05, 3.63) is 53.3 Å². The number of nitrogens with zero attached hydrogens (tertiary/aromatic N) is 2. The maximum Gasteiger partial charge on any atom is 0.283 e. The SMILES string of the molecule is CCC[NH+](CC(=O)Nc1ccc(Cl)cc1F)Cc1nnc(-c2ccco2)o1. The Kier molecular flexibility index (Phi) is 6.20. The molecule has 1 unspecified atom stereocenters. The third-order valence-corrected chi connectivity index (χ3v) is 4.05. The Balaban J connectivity index is 1.62. The van der Waals surface area contributed by atoms with Crippen LogP contribution in [0.4, 0.5) is 10.1 Å². The minimum atomic E-state index is -0.576. The van der Waals surface area contributed by atoms with E-state index in [4.69, 9.17) is 20.4 Å². The molecule has 142 valence electrons. The number of carbonyl (C=O) groups excluding carboxylic acids is 1. The fraction of sp³-hybridized carbons (Fsp3) is 0.278. The van der Waals surface area contributed by atoms with E-state index in [0.29, 0.717) is 24.1 Å². The van der Waals surface area contributed by atoms with E-state index in [1.807, 2.05) is 6.92 Å². The molecule has 1 atom stereocenters. The highest BCUT2D eigenvalue weighted by molar-refractivity contribution is 6.30. The van der Waals surface area contributed by atoms with Crippen LogP contribution >= 0.6 is 11.6 Å². The van der Waals surface area contributed by atoms with Crippen LogP contribution in [0.5, 0.6) is 0 Å². The van der Waals surface area contributed by atoms with Crippen LogP contribution in [0, 0.1) is 5.82 Å². The topological polar surface area (TPSA) is 85.6 Å². The van der Waals surface area contributed by atoms with Gasteiger partial charge in [0.1, 0.15) is 5.82 Å². The first-order valence-corrected chi connectivity index (χ1v) is 8.87. The van der Waals surface area contributed by atoms with Gasteiger partial charge in [-0.1, -0.05) is 18.5 Å². The summed E-state index contributed by atoms with van der Waals surface area (Å²) < 4.78 is 24.6. The van der Waals surface area contributed by atoms with Crippen molar-refractivity contribution < 1.29 is 22.9 Å². The second kappa shape index (κ2) is 8.79. The summed E-state index contributed by atoms with van der Waals surface area (Å²) in [6, 6.07) is 7.56. The molecule has 0 bridgehead atoms. The first-order chi connectivity index (χ1) is 13.0. The zero-order valence-corrected chi connectivity index (χ0v) is 15.4. The van der Waals surface area contributed by atoms with Crippen molar-refractivity contribution in [2.24, 2.45) is 0 Å². The number of benzene rings is 1. The monoisotopic (exact) mass is 393 g/mol. The van der Waals surface area contributed by atoms with E-state index in [1.165, 1.54) is 18.4 Å². The van der Waals surface area contributed by atoms with E-state index in [2.05, 4.69) is 15.5 Å². The molecule has 27 heavy (non-hydrogen) atoms. The van der Waals surface area contributed by atoms with Crippen LogP contribution in [0.2, 0.25) is 5.02 Å². The van der Waals surface area contributed by atoms with Gasteiger partial charge in [-0.25, -0.2) is 4.39 Å². The third kappa shape index (κ3) is 5.15. The zero-order valence-electron chi connectivity index (χ0n) is 14.7. The Bertz CT molecular complexity index is 898. The predicted molar refractivity (Wildman–Crippen MR) is 96.7 cm³/mol. The normalized spacial score (nSPS) is 12.1. The molecular formula is C18H19ClFN4O3+. The molecule has 1 amide bonds. The van der Waals surface area contributed by atoms with Crippen LogP contribution in [-0.4, -0.2) is 29.2 Å². The lowest BCUT2D eigenvalue weighted by molar-refractivity contribution is -0.907. The largest absolute Gasteiger partial charge is 0.459 e. The lowest BCUT2D eigenvalue weighted by atomic mass is 10.3. The molecule has 0 aliphatic heterocycles. The summed E-state index contributed by atoms with van der Waals surface area (Å²) in [5.74, 6) is 0.286. The van der Waals surface area contributed by atoms with Crippen LogP contribution in [0.25, 0.3) is 11.7 Å². The third-order valence-electron chi connectivity index (χ3n) is 3.82. The van der Waals surface area contributed by atoms with Gasteiger partial charge in [-0.05, 0) is 36.8 Å². The lowest BCUT2D eigenvalue weighted by Crippen LogP contribution is -3.11. The molecule has 3 aromatic rings. The van der Waals surface area contributed by atoms with Crippen LogP contribution in [0.1, 0.15) is 19.2 Å². The van der Waals surface area contributed by atoms with Gasteiger partial charge in [-0.2, -0.15) is 0 Å². The van der Waals surface area contributed by atoms with Gasteiger partial charge in [0.15, 0.2) is 18.8 Å². The smallest absolute Gasteiger partial charge is 0.283 e. The van der Waals surface area contributed by atoms with E-state index in [-0.39, 0.29) is 23.2 Å². The Morgan fingerprint density at radius 1 is 1.33 bits per heavy atom. The first kappa shape index (κ1) is 19.1. The van der Waals surface area contributed by atoms with Gasteiger partial charge in [0.2, 0.25) is 0 Å². The van der Waals surface area contributed by atoms with Crippen molar-refractivity contribution in [2.75, 3.05) is 18.4 Å². The molecule has 1 aromatic carbocycles. The summed E-state index contributed by atoms with van der Waals surface area (Å²) in [5.41, 5.74) is 0.0955. The van der Waals surface area contributed by atoms with Crippen molar-refractivity contribution in [2.45, 2.75) is 19.9 Å². The summed E-state index contributed by atoms with van der Waals surface area (Å²) in [5, 5.41) is 10.8. The van der Waals surface area contributed by atoms with E-state index >= 15 is 0 Å². The number of furan rings is 1. The highest BCUT2D eigenvalue weighted by Gasteiger charge is 2.20. The number of nitrogens with one attached hydrogen (secondary N) is 2. The molecule has 2 heterocycles. The van der Waals surface area contributed by atoms with Gasteiger partial charge in [0.05, 0.1) is 18.5 Å². The number of anilines is 1. The van der Waals surface area contributed by atoms with Gasteiger partial charge in [0, 0.05) is 5.02 Å². The number of halogens is 2. The molecule has 0 radical (unpaired) electrons. The van der Waals surface area contributed by atoms with Crippen LogP contribution in [0.15, 0.2) is 45.4 Å². The number of hydrogen-bond acceptors (Lipinski definition) is 5. The van der Waals surface area contributed by atoms with E-state index < -0.39 is 5.82 Å². The maximum atomic E-state index is 13.8. The second-order valence-electron chi connectivity index (χ2n) is 6.00. The molecule has 0 saturated carbocycles. The molecular weight excluding hydrogens is 375 g/mol. The molecule has 0 aliphatic rings. The summed E-state index contributed by atoms with van der Waals surface area (Å²) in [6.45, 7) is 3.24. The highest BCUT2D eigenvalue weighted by atomic mass is 35.5. The summed E-state index contributed by atoms with van der Waals surface area (Å²) in [4.78, 5) is 13.2. The average molecular weight is 394 g/mol. The Hall–Kier alpha value is -2.71. The van der Waals surface area contributed by atoms with Gasteiger partial charge >= 0.3 is 0 Å². The number of hydrogen-bond donors (Lipinski definition) is 2. The van der Waals surface area contributed by atoms with E-state index in [9.17, 15) is 9.18 Å². The fourth-order valence-electron chi connectivity index (χ4n) is 2.64. The van der Waals surface area contributed by atoms with Crippen molar-refractivity contribution in [1.82, 2.24) is 10.2 Å². The molecule has 0 spiro atoms. The minimum Gasteiger partial charge on any atom is -0.459 e. The van der Waals surface area contributed by atoms with Gasteiger partial charge in [0.25, 0.3) is 17.7 Å². The number of quaternary nitrogens is 1. The summed E-state index contributed by atoms with van der Waals surface area (Å²) in [7, 11) is 0. The average Bonchev–Trinajstić information content (AvgIpc) is 3.29. The molecule has 0 aliphatic carbocycles. The number of carbonyl (C=O) groups is 1. The standard InChI is InChI=1S/C18H18ClFN4O3/c1-2-7-24(10-16(25)21-14-6-5-12(19)9-13(14)20)11-17-22-23-18(27-17)15-4-3-8-26-15/h3-6,8-9H,2,7,10-11H2,1H3,(H,21,25)/p+1. The van der Waals surface area contributed by atoms with E-state index in [1.54, 1.807) is 12.1 Å². The van der Waals surface area contributed by atoms with Crippen LogP contribution in [0.3, 0.4) is 0 Å². The van der Waals surface area contributed by atoms with Crippen LogP contribution in [-0.2, 0) is 11.3 Å². The molecule has 7 nitrogen and oxygen atoms in total. The summed E-state index contributed by atoms with van der Waals surface area (Å²) in [6.07, 6.45) is 2.38. The molecule has 0 fully saturated rings. The lowest BCUT2D eigenvalue weighted by Gasteiger charge is -2.16. The number of amides is 1. The Morgan fingerprint density at radius 3 is 2.89 bits per heavy atom. The highest BCUT2D eigenvalue weighted by Crippen LogP contribution is 2.19. The number of aromatic nitrogens is 2. The predicted octanol–water partition coefficient (Wildman–Crippen LogP) is 2.56. The maximum absolute atomic E-state index is 13.8. The summed E-state index contributed by atoms with van der Waals surface area (Å²) >= 11 is 5.72. The quantitative estimate of drug-likeness (QED) is 0.614. The van der Waals surface area contributed by atoms with Gasteiger partial charge in [-0.15, -0.1) is 10.2 Å². The second-order valence-corrected chi connectivity index (χ2v) is 6.44. The zero-order chi connectivity index (χ0) is 19.2. The molecule has 2 N–H and O–H groups in total. The molecule has 0 saturated heterocycles. The van der Waals surface area contributed by atoms with Crippen molar-refractivity contribution >= 4 is 23.2 Å². The van der Waals surface area contributed by atoms with Crippen LogP contribution < -0.4 is 10.2 Å². The fourth-order valence-corrected chi connectivity index (χ4v) is 2.80.